The van der Waals surface area contributed by atoms with Gasteiger partial charge in [0.15, 0.2) is 0 Å². The van der Waals surface area contributed by atoms with Crippen LogP contribution in [0.4, 0.5) is 4.79 Å². The molecule has 0 atom stereocenters. The van der Waals surface area contributed by atoms with E-state index in [1.807, 2.05) is 36.4 Å². The standard InChI is InChI=1S/C23H29N3O3/c27-22(21-11-15-26(16-12-21)17-19-7-3-1-4-8-19)24-13-14-25-23(28)29-18-20-9-5-2-6-10-20/h1-10,21H,11-18H2,(H,24,27)(H,25,28). The summed E-state index contributed by atoms with van der Waals surface area (Å²) in [6.07, 6.45) is 1.26. The molecule has 0 radical (unpaired) electrons. The number of amides is 2. The Balaban J connectivity index is 1.26. The van der Waals surface area contributed by atoms with Crippen LogP contribution in [0.5, 0.6) is 0 Å². The monoisotopic (exact) mass is 395 g/mol. The maximum absolute atomic E-state index is 12.3. The summed E-state index contributed by atoms with van der Waals surface area (Å²) in [5.74, 6) is 0.121. The Morgan fingerprint density at radius 3 is 2.10 bits per heavy atom. The van der Waals surface area contributed by atoms with E-state index in [-0.39, 0.29) is 18.4 Å². The van der Waals surface area contributed by atoms with E-state index in [0.717, 1.165) is 38.0 Å². The summed E-state index contributed by atoms with van der Waals surface area (Å²) < 4.78 is 5.14. The average Bonchev–Trinajstić information content (AvgIpc) is 2.77. The molecule has 1 fully saturated rings. The third-order valence-electron chi connectivity index (χ3n) is 5.11. The number of alkyl carbamates (subject to hydrolysis) is 1. The lowest BCUT2D eigenvalue weighted by Gasteiger charge is -2.31. The number of benzene rings is 2. The van der Waals surface area contributed by atoms with Crippen LogP contribution in [0.1, 0.15) is 24.0 Å². The second-order valence-corrected chi connectivity index (χ2v) is 7.32. The van der Waals surface area contributed by atoms with Crippen LogP contribution in [0.2, 0.25) is 0 Å². The van der Waals surface area contributed by atoms with Gasteiger partial charge in [-0.15, -0.1) is 0 Å². The summed E-state index contributed by atoms with van der Waals surface area (Å²) in [6, 6.07) is 19.9. The number of rotatable bonds is 8. The fourth-order valence-electron chi connectivity index (χ4n) is 3.46. The molecule has 154 valence electrons. The molecule has 6 heteroatoms. The van der Waals surface area contributed by atoms with Gasteiger partial charge in [-0.05, 0) is 37.1 Å². The van der Waals surface area contributed by atoms with Gasteiger partial charge in [-0.1, -0.05) is 60.7 Å². The number of hydrogen-bond donors (Lipinski definition) is 2. The second kappa shape index (κ2) is 11.2. The summed E-state index contributed by atoms with van der Waals surface area (Å²) >= 11 is 0. The quantitative estimate of drug-likeness (QED) is 0.674. The van der Waals surface area contributed by atoms with E-state index in [2.05, 4.69) is 39.8 Å². The zero-order valence-corrected chi connectivity index (χ0v) is 16.7. The highest BCUT2D eigenvalue weighted by atomic mass is 16.5. The molecule has 0 unspecified atom stereocenters. The third kappa shape index (κ3) is 7.23. The molecule has 29 heavy (non-hydrogen) atoms. The first kappa shape index (κ1) is 20.9. The normalized spacial score (nSPS) is 14.9. The van der Waals surface area contributed by atoms with E-state index < -0.39 is 6.09 Å². The Labute approximate surface area is 172 Å². The van der Waals surface area contributed by atoms with Crippen molar-refractivity contribution in [3.8, 4) is 0 Å². The van der Waals surface area contributed by atoms with Crippen LogP contribution in [0.25, 0.3) is 0 Å². The van der Waals surface area contributed by atoms with Gasteiger partial charge in [0.25, 0.3) is 0 Å². The zero-order chi connectivity index (χ0) is 20.3. The van der Waals surface area contributed by atoms with Gasteiger partial charge in [0.05, 0.1) is 0 Å². The molecule has 0 aromatic heterocycles. The molecule has 2 amide bonds. The van der Waals surface area contributed by atoms with E-state index in [0.29, 0.717) is 13.1 Å². The predicted molar refractivity (Wildman–Crippen MR) is 112 cm³/mol. The van der Waals surface area contributed by atoms with E-state index in [9.17, 15) is 9.59 Å². The van der Waals surface area contributed by atoms with Crippen molar-refractivity contribution in [3.63, 3.8) is 0 Å². The maximum Gasteiger partial charge on any atom is 0.407 e. The van der Waals surface area contributed by atoms with Crippen LogP contribution in [0, 0.1) is 5.92 Å². The highest BCUT2D eigenvalue weighted by molar-refractivity contribution is 5.78. The molecule has 1 saturated heterocycles. The van der Waals surface area contributed by atoms with Gasteiger partial charge >= 0.3 is 6.09 Å². The van der Waals surface area contributed by atoms with Crippen molar-refractivity contribution in [1.29, 1.82) is 0 Å². The Morgan fingerprint density at radius 2 is 1.45 bits per heavy atom. The van der Waals surface area contributed by atoms with Crippen molar-refractivity contribution in [2.75, 3.05) is 26.2 Å². The molecule has 0 bridgehead atoms. The molecule has 6 nitrogen and oxygen atoms in total. The van der Waals surface area contributed by atoms with Crippen LogP contribution >= 0.6 is 0 Å². The smallest absolute Gasteiger partial charge is 0.407 e. The van der Waals surface area contributed by atoms with Gasteiger partial charge in [0.1, 0.15) is 6.61 Å². The second-order valence-electron chi connectivity index (χ2n) is 7.32. The van der Waals surface area contributed by atoms with Crippen LogP contribution < -0.4 is 10.6 Å². The van der Waals surface area contributed by atoms with Gasteiger partial charge in [-0.25, -0.2) is 4.79 Å². The molecule has 1 aliphatic rings. The lowest BCUT2D eigenvalue weighted by atomic mass is 9.95. The Morgan fingerprint density at radius 1 is 0.862 bits per heavy atom. The lowest BCUT2D eigenvalue weighted by molar-refractivity contribution is -0.126. The number of nitrogens with zero attached hydrogens (tertiary/aromatic N) is 1. The average molecular weight is 396 g/mol. The van der Waals surface area contributed by atoms with Gasteiger partial charge in [0, 0.05) is 25.6 Å². The van der Waals surface area contributed by atoms with Crippen molar-refractivity contribution in [3.05, 3.63) is 71.8 Å². The highest BCUT2D eigenvalue weighted by Crippen LogP contribution is 2.19. The highest BCUT2D eigenvalue weighted by Gasteiger charge is 2.24. The fraction of sp³-hybridized carbons (Fsp3) is 0.391. The van der Waals surface area contributed by atoms with Crippen LogP contribution in [-0.2, 0) is 22.7 Å². The molecule has 1 heterocycles. The molecule has 2 N–H and O–H groups in total. The van der Waals surface area contributed by atoms with Crippen molar-refractivity contribution in [1.82, 2.24) is 15.5 Å². The van der Waals surface area contributed by atoms with Crippen LogP contribution in [-0.4, -0.2) is 43.1 Å². The van der Waals surface area contributed by atoms with Crippen LogP contribution in [0.3, 0.4) is 0 Å². The summed E-state index contributed by atoms with van der Waals surface area (Å²) in [5.41, 5.74) is 2.25. The molecule has 0 spiro atoms. The third-order valence-corrected chi connectivity index (χ3v) is 5.11. The zero-order valence-electron chi connectivity index (χ0n) is 16.7. The van der Waals surface area contributed by atoms with Gasteiger partial charge in [-0.2, -0.15) is 0 Å². The first-order valence-electron chi connectivity index (χ1n) is 10.2. The largest absolute Gasteiger partial charge is 0.445 e. The number of nitrogens with one attached hydrogen (secondary N) is 2. The lowest BCUT2D eigenvalue weighted by Crippen LogP contribution is -2.42. The molecule has 1 aliphatic heterocycles. The van der Waals surface area contributed by atoms with E-state index >= 15 is 0 Å². The van der Waals surface area contributed by atoms with E-state index in [4.69, 9.17) is 4.74 Å². The van der Waals surface area contributed by atoms with Gasteiger partial charge in [-0.3, -0.25) is 9.69 Å². The molecular formula is C23H29N3O3. The van der Waals surface area contributed by atoms with E-state index in [1.165, 1.54) is 5.56 Å². The SMILES string of the molecule is O=C(NCCNC(=O)C1CCN(Cc2ccccc2)CC1)OCc1ccccc1. The minimum absolute atomic E-state index is 0.0482. The number of hydrogen-bond acceptors (Lipinski definition) is 4. The molecule has 3 rings (SSSR count). The summed E-state index contributed by atoms with van der Waals surface area (Å²) in [6.45, 7) is 3.79. The number of ether oxygens (including phenoxy) is 1. The van der Waals surface area contributed by atoms with Crippen molar-refractivity contribution in [2.45, 2.75) is 26.0 Å². The molecule has 0 saturated carbocycles. The Bertz CT molecular complexity index is 759. The fourth-order valence-corrected chi connectivity index (χ4v) is 3.46. The summed E-state index contributed by atoms with van der Waals surface area (Å²) in [4.78, 5) is 26.4. The van der Waals surface area contributed by atoms with Gasteiger partial charge < -0.3 is 15.4 Å². The number of likely N-dealkylation sites (tertiary alicyclic amines) is 1. The summed E-state index contributed by atoms with van der Waals surface area (Å²) in [7, 11) is 0. The first-order chi connectivity index (χ1) is 14.2. The topological polar surface area (TPSA) is 70.7 Å². The van der Waals surface area contributed by atoms with Gasteiger partial charge in [0.2, 0.25) is 5.91 Å². The predicted octanol–water partition coefficient (Wildman–Crippen LogP) is 2.94. The summed E-state index contributed by atoms with van der Waals surface area (Å²) in [5, 5.41) is 5.58. The number of carbonyl (C=O) groups is 2. The van der Waals surface area contributed by atoms with Crippen molar-refractivity contribution < 1.29 is 14.3 Å². The minimum Gasteiger partial charge on any atom is -0.445 e. The Hall–Kier alpha value is -2.86. The van der Waals surface area contributed by atoms with Crippen molar-refractivity contribution >= 4 is 12.0 Å². The minimum atomic E-state index is -0.475. The van der Waals surface area contributed by atoms with Crippen LogP contribution in [0.15, 0.2) is 60.7 Å². The number of piperidine rings is 1. The molecular weight excluding hydrogens is 366 g/mol. The van der Waals surface area contributed by atoms with Crippen molar-refractivity contribution in [2.24, 2.45) is 5.92 Å². The molecule has 0 aliphatic carbocycles. The van der Waals surface area contributed by atoms with E-state index in [1.54, 1.807) is 0 Å². The Kier molecular flexibility index (Phi) is 8.07. The maximum atomic E-state index is 12.3. The first-order valence-corrected chi connectivity index (χ1v) is 10.2. The molecule has 2 aromatic carbocycles. The molecule has 2 aromatic rings. The number of carbonyl (C=O) groups excluding carboxylic acids is 2.